The Bertz CT molecular complexity index is 930. The lowest BCUT2D eigenvalue weighted by Crippen LogP contribution is -2.47. The molecule has 28 heavy (non-hydrogen) atoms. The molecule has 2 heterocycles. The maximum atomic E-state index is 11.8. The second kappa shape index (κ2) is 9.07. The Balaban J connectivity index is 0.000000307. The van der Waals surface area contributed by atoms with E-state index in [0.29, 0.717) is 5.82 Å². The van der Waals surface area contributed by atoms with Crippen LogP contribution in [0.5, 0.6) is 0 Å². The molecular weight excluding hydrogens is 411 g/mol. The maximum absolute atomic E-state index is 11.8. The van der Waals surface area contributed by atoms with Crippen LogP contribution in [0.15, 0.2) is 16.9 Å². The van der Waals surface area contributed by atoms with Crippen LogP contribution in [0.4, 0.5) is 4.79 Å². The summed E-state index contributed by atoms with van der Waals surface area (Å²) in [5, 5.41) is 15.3. The average molecular weight is 433 g/mol. The summed E-state index contributed by atoms with van der Waals surface area (Å²) in [5.41, 5.74) is -1.30. The lowest BCUT2D eigenvalue weighted by atomic mass is 10.1. The molecule has 0 bridgehead atoms. The number of pyridine rings is 1. The summed E-state index contributed by atoms with van der Waals surface area (Å²) in [7, 11) is 0. The summed E-state index contributed by atoms with van der Waals surface area (Å²) in [6.45, 7) is 9.14. The van der Waals surface area contributed by atoms with Crippen LogP contribution in [0.25, 0.3) is 0 Å². The summed E-state index contributed by atoms with van der Waals surface area (Å²) in [6, 6.07) is 2.24. The third-order valence-corrected chi connectivity index (χ3v) is 3.56. The van der Waals surface area contributed by atoms with Crippen molar-refractivity contribution in [3.63, 3.8) is 0 Å². The number of nitrogens with one attached hydrogen (secondary N) is 1. The number of carboxylic acid groups (broad SMARTS) is 1. The lowest BCUT2D eigenvalue weighted by Gasteiger charge is -2.19. The van der Waals surface area contributed by atoms with E-state index in [9.17, 15) is 14.4 Å². The number of nitrogens with zero attached hydrogens (tertiary/aromatic N) is 4. The zero-order valence-electron chi connectivity index (χ0n) is 16.0. The van der Waals surface area contributed by atoms with Gasteiger partial charge in [0, 0.05) is 11.5 Å². The fraction of sp³-hybridized carbons (Fsp3) is 0.438. The molecule has 12 heteroatoms. The van der Waals surface area contributed by atoms with E-state index in [2.05, 4.69) is 15.4 Å². The smallest absolute Gasteiger partial charge is 0.373 e. The summed E-state index contributed by atoms with van der Waals surface area (Å²) in [6.07, 6.45) is 0. The predicted octanol–water partition coefficient (Wildman–Crippen LogP) is 2.32. The molecule has 0 aliphatic carbocycles. The van der Waals surface area contributed by atoms with E-state index >= 15 is 0 Å². The molecule has 0 spiro atoms. The number of carbonyl (C=O) groups is 2. The molecule has 0 radical (unpaired) electrons. The molecule has 0 fully saturated rings. The van der Waals surface area contributed by atoms with Crippen LogP contribution >= 0.6 is 23.2 Å². The number of aromatic nitrogens is 4. The molecule has 0 saturated heterocycles. The molecule has 0 unspecified atom stereocenters. The molecule has 2 aromatic rings. The van der Waals surface area contributed by atoms with Crippen molar-refractivity contribution in [2.75, 3.05) is 5.84 Å². The molecule has 2 aromatic heterocycles. The Morgan fingerprint density at radius 2 is 1.82 bits per heavy atom. The topological polar surface area (TPSA) is 145 Å². The lowest BCUT2D eigenvalue weighted by molar-refractivity contribution is 0.0690. The summed E-state index contributed by atoms with van der Waals surface area (Å²) in [4.78, 5) is 37.4. The highest BCUT2D eigenvalue weighted by atomic mass is 35.5. The molecule has 154 valence electrons. The van der Waals surface area contributed by atoms with Gasteiger partial charge in [0.1, 0.15) is 5.15 Å². The fourth-order valence-corrected chi connectivity index (χ4v) is 2.20. The molecule has 4 N–H and O–H groups in total. The van der Waals surface area contributed by atoms with Crippen molar-refractivity contribution in [1.82, 2.24) is 24.8 Å². The fourth-order valence-electron chi connectivity index (χ4n) is 1.86. The van der Waals surface area contributed by atoms with Crippen LogP contribution in [0.1, 0.15) is 56.8 Å². The number of aromatic carboxylic acids is 1. The van der Waals surface area contributed by atoms with Crippen molar-refractivity contribution in [2.45, 2.75) is 46.1 Å². The van der Waals surface area contributed by atoms with E-state index in [0.717, 1.165) is 9.36 Å². The number of amides is 1. The van der Waals surface area contributed by atoms with Crippen LogP contribution in [0, 0.1) is 0 Å². The second-order valence-electron chi connectivity index (χ2n) is 7.03. The number of carboxylic acids is 1. The Labute approximate surface area is 171 Å². The first-order chi connectivity index (χ1) is 12.7. The number of carbonyl (C=O) groups excluding carboxylic acids is 1. The van der Waals surface area contributed by atoms with E-state index in [1.54, 1.807) is 0 Å². The van der Waals surface area contributed by atoms with Crippen LogP contribution in [-0.4, -0.2) is 42.1 Å². The number of nitrogen functional groups attached to an aromatic ring is 1. The van der Waals surface area contributed by atoms with Gasteiger partial charge in [-0.3, -0.25) is 0 Å². The first kappa shape index (κ1) is 23.4. The van der Waals surface area contributed by atoms with E-state index in [1.165, 1.54) is 12.1 Å². The summed E-state index contributed by atoms with van der Waals surface area (Å²) >= 11 is 10.9. The highest BCUT2D eigenvalue weighted by Gasteiger charge is 2.22. The van der Waals surface area contributed by atoms with Gasteiger partial charge >= 0.3 is 17.7 Å². The third-order valence-electron chi connectivity index (χ3n) is 3.04. The Morgan fingerprint density at radius 1 is 1.25 bits per heavy atom. The van der Waals surface area contributed by atoms with Gasteiger partial charge in [0.05, 0.1) is 5.02 Å². The molecule has 0 aliphatic rings. The van der Waals surface area contributed by atoms with Crippen molar-refractivity contribution in [2.24, 2.45) is 0 Å². The Kier molecular flexibility index (Phi) is 7.59. The summed E-state index contributed by atoms with van der Waals surface area (Å²) in [5.74, 6) is 4.71. The number of halogens is 2. The number of hydrogen-bond donors (Lipinski definition) is 3. The van der Waals surface area contributed by atoms with Gasteiger partial charge in [-0.15, -0.1) is 9.78 Å². The molecule has 0 aromatic carbocycles. The zero-order chi connectivity index (χ0) is 21.8. The number of hydrogen-bond acceptors (Lipinski definition) is 6. The van der Waals surface area contributed by atoms with E-state index in [1.807, 2.05) is 34.6 Å². The molecule has 0 aliphatic heterocycles. The number of rotatable bonds is 2. The van der Waals surface area contributed by atoms with Crippen LogP contribution < -0.4 is 16.8 Å². The van der Waals surface area contributed by atoms with Crippen molar-refractivity contribution in [3.05, 3.63) is 44.3 Å². The predicted molar refractivity (Wildman–Crippen MR) is 106 cm³/mol. The van der Waals surface area contributed by atoms with Crippen molar-refractivity contribution in [1.29, 1.82) is 0 Å². The van der Waals surface area contributed by atoms with Gasteiger partial charge in [-0.1, -0.05) is 37.0 Å². The molecular formula is C16H22Cl2N6O4. The van der Waals surface area contributed by atoms with Gasteiger partial charge in [-0.2, -0.15) is 4.68 Å². The van der Waals surface area contributed by atoms with Crippen LogP contribution in [0.2, 0.25) is 10.2 Å². The first-order valence-electron chi connectivity index (χ1n) is 8.09. The Hall–Kier alpha value is -2.59. The van der Waals surface area contributed by atoms with Crippen molar-refractivity contribution < 1.29 is 14.7 Å². The quantitative estimate of drug-likeness (QED) is 0.487. The summed E-state index contributed by atoms with van der Waals surface area (Å²) < 4.78 is 1.65. The van der Waals surface area contributed by atoms with Crippen LogP contribution in [0.3, 0.4) is 0 Å². The minimum absolute atomic E-state index is 0.0311. The van der Waals surface area contributed by atoms with E-state index in [-0.39, 0.29) is 21.8 Å². The van der Waals surface area contributed by atoms with Gasteiger partial charge in [-0.25, -0.2) is 19.4 Å². The van der Waals surface area contributed by atoms with Crippen LogP contribution in [-0.2, 0) is 0 Å². The average Bonchev–Trinajstić information content (AvgIpc) is 2.84. The molecule has 0 saturated carbocycles. The molecule has 10 nitrogen and oxygen atoms in total. The van der Waals surface area contributed by atoms with Crippen molar-refractivity contribution in [3.8, 4) is 0 Å². The number of nitrogens with two attached hydrogens (primary N) is 1. The minimum atomic E-state index is -1.18. The highest BCUT2D eigenvalue weighted by Crippen LogP contribution is 2.16. The zero-order valence-corrected chi connectivity index (χ0v) is 17.5. The van der Waals surface area contributed by atoms with Gasteiger partial charge in [-0.05, 0) is 32.9 Å². The minimum Gasteiger partial charge on any atom is -0.476 e. The molecule has 0 atom stereocenters. The van der Waals surface area contributed by atoms with E-state index < -0.39 is 23.2 Å². The van der Waals surface area contributed by atoms with Gasteiger partial charge in [0.25, 0.3) is 0 Å². The SMILES string of the molecule is CC(C)c1nn(C(=O)NC(C)(C)C)c(=O)n1N.O=C(O)c1nc(Cl)ccc1Cl. The van der Waals surface area contributed by atoms with Crippen molar-refractivity contribution >= 4 is 35.2 Å². The largest absolute Gasteiger partial charge is 0.476 e. The van der Waals surface area contributed by atoms with Gasteiger partial charge in [0.15, 0.2) is 11.5 Å². The molecule has 2 rings (SSSR count). The second-order valence-corrected chi connectivity index (χ2v) is 7.82. The Morgan fingerprint density at radius 3 is 2.21 bits per heavy atom. The highest BCUT2D eigenvalue weighted by molar-refractivity contribution is 6.34. The van der Waals surface area contributed by atoms with E-state index in [4.69, 9.17) is 34.2 Å². The third kappa shape index (κ3) is 6.24. The normalized spacial score (nSPS) is 11.0. The monoisotopic (exact) mass is 432 g/mol. The van der Waals surface area contributed by atoms with Gasteiger partial charge < -0.3 is 16.3 Å². The maximum Gasteiger partial charge on any atom is 0.373 e. The van der Waals surface area contributed by atoms with Gasteiger partial charge in [0.2, 0.25) is 0 Å². The first-order valence-corrected chi connectivity index (χ1v) is 8.85. The molecule has 1 amide bonds. The standard InChI is InChI=1S/C10H19N5O2.C6H3Cl2NO2/c1-6(2)7-13-15(9(17)14(7)11)8(16)12-10(3,4)5;7-3-1-2-4(8)9-5(3)6(10)11/h6H,11H2,1-5H3,(H,12,16);1-2H,(H,10,11).